The van der Waals surface area contributed by atoms with Crippen molar-refractivity contribution in [3.8, 4) is 5.75 Å². The number of aromatic nitrogens is 1. The molecule has 3 heteroatoms. The summed E-state index contributed by atoms with van der Waals surface area (Å²) in [7, 11) is 1.59. The summed E-state index contributed by atoms with van der Waals surface area (Å²) in [5.41, 5.74) is 0.752. The molecule has 0 bridgehead atoms. The maximum Gasteiger partial charge on any atom is 0.135 e. The molecule has 0 N–H and O–H groups in total. The van der Waals surface area contributed by atoms with Crippen LogP contribution in [0.2, 0.25) is 0 Å². The average Bonchev–Trinajstić information content (AvgIpc) is 2.03. The summed E-state index contributed by atoms with van der Waals surface area (Å²) in [6.07, 6.45) is 2.01. The van der Waals surface area contributed by atoms with E-state index in [1.165, 1.54) is 0 Å². The van der Waals surface area contributed by atoms with Gasteiger partial charge in [0.15, 0.2) is 0 Å². The van der Waals surface area contributed by atoms with Crippen molar-refractivity contribution in [2.24, 2.45) is 0 Å². The van der Waals surface area contributed by atoms with E-state index in [-0.39, 0.29) is 5.78 Å². The molecule has 1 heterocycles. The average molecular weight is 165 g/mol. The van der Waals surface area contributed by atoms with Gasteiger partial charge in [-0.15, -0.1) is 0 Å². The van der Waals surface area contributed by atoms with E-state index in [0.717, 1.165) is 11.4 Å². The first-order valence-corrected chi connectivity index (χ1v) is 3.70. The van der Waals surface area contributed by atoms with E-state index >= 15 is 0 Å². The van der Waals surface area contributed by atoms with E-state index in [4.69, 9.17) is 4.74 Å². The van der Waals surface area contributed by atoms with Gasteiger partial charge in [-0.1, -0.05) is 0 Å². The van der Waals surface area contributed by atoms with Crippen LogP contribution in [0, 0.1) is 0 Å². The lowest BCUT2D eigenvalue weighted by atomic mass is 10.2. The number of carbonyl (C=O) groups excluding carboxylic acids is 1. The molecule has 64 valence electrons. The molecule has 3 nitrogen and oxygen atoms in total. The Morgan fingerprint density at radius 2 is 2.42 bits per heavy atom. The fraction of sp³-hybridized carbons (Fsp3) is 0.333. The van der Waals surface area contributed by atoms with Gasteiger partial charge in [-0.3, -0.25) is 9.78 Å². The molecule has 0 saturated heterocycles. The second-order valence-corrected chi connectivity index (χ2v) is 2.57. The second kappa shape index (κ2) is 3.85. The minimum absolute atomic E-state index is 0.107. The number of ether oxygens (including phenoxy) is 1. The van der Waals surface area contributed by atoms with Crippen molar-refractivity contribution in [3.05, 3.63) is 24.0 Å². The Morgan fingerprint density at radius 3 is 3.00 bits per heavy atom. The van der Waals surface area contributed by atoms with Gasteiger partial charge in [-0.25, -0.2) is 0 Å². The first-order chi connectivity index (χ1) is 5.72. The molecule has 1 rings (SSSR count). The third-order valence-electron chi connectivity index (χ3n) is 1.45. The Labute approximate surface area is 71.4 Å². The van der Waals surface area contributed by atoms with Crippen LogP contribution in [0.5, 0.6) is 5.75 Å². The molecule has 0 saturated carbocycles. The Balaban J connectivity index is 2.79. The van der Waals surface area contributed by atoms with Crippen molar-refractivity contribution in [1.29, 1.82) is 0 Å². The number of pyridine rings is 1. The summed E-state index contributed by atoms with van der Waals surface area (Å²) < 4.78 is 4.99. The highest BCUT2D eigenvalue weighted by atomic mass is 16.5. The minimum atomic E-state index is 0.107. The summed E-state index contributed by atoms with van der Waals surface area (Å²) in [5, 5.41) is 0. The standard InChI is InChI=1S/C9H11NO2/c1-7(11)5-8-6-9(12-2)3-4-10-8/h3-4,6H,5H2,1-2H3. The summed E-state index contributed by atoms with van der Waals surface area (Å²) in [5.74, 6) is 0.844. The molecule has 0 aliphatic heterocycles. The fourth-order valence-electron chi connectivity index (χ4n) is 0.935. The molecule has 0 amide bonds. The Morgan fingerprint density at radius 1 is 1.67 bits per heavy atom. The van der Waals surface area contributed by atoms with Crippen LogP contribution < -0.4 is 4.74 Å². The number of nitrogens with zero attached hydrogens (tertiary/aromatic N) is 1. The van der Waals surface area contributed by atoms with E-state index in [2.05, 4.69) is 4.98 Å². The molecular formula is C9H11NO2. The van der Waals surface area contributed by atoms with Crippen LogP contribution in [-0.2, 0) is 11.2 Å². The van der Waals surface area contributed by atoms with Gasteiger partial charge in [0.2, 0.25) is 0 Å². The van der Waals surface area contributed by atoms with E-state index in [0.29, 0.717) is 6.42 Å². The number of methoxy groups -OCH3 is 1. The van der Waals surface area contributed by atoms with Crippen molar-refractivity contribution >= 4 is 5.78 Å². The number of ketones is 1. The molecule has 1 aromatic rings. The fourth-order valence-corrected chi connectivity index (χ4v) is 0.935. The zero-order valence-electron chi connectivity index (χ0n) is 7.20. The summed E-state index contributed by atoms with van der Waals surface area (Å²) >= 11 is 0. The van der Waals surface area contributed by atoms with Gasteiger partial charge >= 0.3 is 0 Å². The van der Waals surface area contributed by atoms with E-state index in [9.17, 15) is 4.79 Å². The van der Waals surface area contributed by atoms with Crippen molar-refractivity contribution in [2.45, 2.75) is 13.3 Å². The molecular weight excluding hydrogens is 154 g/mol. The largest absolute Gasteiger partial charge is 0.497 e. The van der Waals surface area contributed by atoms with Gasteiger partial charge in [0.1, 0.15) is 11.5 Å². The molecule has 0 aliphatic carbocycles. The molecule has 1 aromatic heterocycles. The van der Waals surface area contributed by atoms with Crippen molar-refractivity contribution in [3.63, 3.8) is 0 Å². The lowest BCUT2D eigenvalue weighted by Gasteiger charge is -2.00. The molecule has 0 aliphatic rings. The zero-order valence-corrected chi connectivity index (χ0v) is 7.20. The zero-order chi connectivity index (χ0) is 8.97. The summed E-state index contributed by atoms with van der Waals surface area (Å²) in [6.45, 7) is 1.54. The lowest BCUT2D eigenvalue weighted by Crippen LogP contribution is -1.99. The van der Waals surface area contributed by atoms with Crippen molar-refractivity contribution < 1.29 is 9.53 Å². The molecule has 0 aromatic carbocycles. The van der Waals surface area contributed by atoms with E-state index < -0.39 is 0 Å². The number of carbonyl (C=O) groups is 1. The van der Waals surface area contributed by atoms with Crippen LogP contribution in [-0.4, -0.2) is 17.9 Å². The molecule has 0 unspecified atom stereocenters. The van der Waals surface area contributed by atoms with Crippen LogP contribution in [0.3, 0.4) is 0 Å². The van der Waals surface area contributed by atoms with Crippen LogP contribution in [0.15, 0.2) is 18.3 Å². The highest BCUT2D eigenvalue weighted by molar-refractivity contribution is 5.77. The molecule has 0 radical (unpaired) electrons. The number of hydrogen-bond acceptors (Lipinski definition) is 3. The van der Waals surface area contributed by atoms with Crippen molar-refractivity contribution in [2.75, 3.05) is 7.11 Å². The Bertz CT molecular complexity index is 284. The Hall–Kier alpha value is -1.38. The molecule has 0 fully saturated rings. The monoisotopic (exact) mass is 165 g/mol. The quantitative estimate of drug-likeness (QED) is 0.676. The topological polar surface area (TPSA) is 39.2 Å². The normalized spacial score (nSPS) is 9.50. The summed E-state index contributed by atoms with van der Waals surface area (Å²) in [4.78, 5) is 14.8. The number of rotatable bonds is 3. The minimum Gasteiger partial charge on any atom is -0.497 e. The SMILES string of the molecule is COc1ccnc(CC(C)=O)c1. The van der Waals surface area contributed by atoms with E-state index in [1.807, 2.05) is 0 Å². The van der Waals surface area contributed by atoms with Crippen LogP contribution >= 0.6 is 0 Å². The first kappa shape index (κ1) is 8.71. The van der Waals surface area contributed by atoms with E-state index in [1.54, 1.807) is 32.4 Å². The number of hydrogen-bond donors (Lipinski definition) is 0. The highest BCUT2D eigenvalue weighted by Gasteiger charge is 1.99. The maximum atomic E-state index is 10.7. The molecule has 12 heavy (non-hydrogen) atoms. The summed E-state index contributed by atoms with van der Waals surface area (Å²) in [6, 6.07) is 3.52. The van der Waals surface area contributed by atoms with Gasteiger partial charge in [0, 0.05) is 18.7 Å². The smallest absolute Gasteiger partial charge is 0.135 e. The van der Waals surface area contributed by atoms with Gasteiger partial charge < -0.3 is 4.74 Å². The van der Waals surface area contributed by atoms with Gasteiger partial charge in [0.25, 0.3) is 0 Å². The maximum absolute atomic E-state index is 10.7. The van der Waals surface area contributed by atoms with Gasteiger partial charge in [0.05, 0.1) is 12.8 Å². The second-order valence-electron chi connectivity index (χ2n) is 2.57. The van der Waals surface area contributed by atoms with Crippen molar-refractivity contribution in [1.82, 2.24) is 4.98 Å². The first-order valence-electron chi connectivity index (χ1n) is 3.70. The predicted octanol–water partition coefficient (Wildman–Crippen LogP) is 1.22. The third-order valence-corrected chi connectivity index (χ3v) is 1.45. The molecule has 0 spiro atoms. The van der Waals surface area contributed by atoms with Gasteiger partial charge in [-0.2, -0.15) is 0 Å². The van der Waals surface area contributed by atoms with Crippen LogP contribution in [0.4, 0.5) is 0 Å². The van der Waals surface area contributed by atoms with Gasteiger partial charge in [-0.05, 0) is 13.0 Å². The van der Waals surface area contributed by atoms with Crippen LogP contribution in [0.25, 0.3) is 0 Å². The molecule has 0 atom stereocenters. The Kier molecular flexibility index (Phi) is 2.80. The third kappa shape index (κ3) is 2.34. The highest BCUT2D eigenvalue weighted by Crippen LogP contribution is 2.10. The lowest BCUT2D eigenvalue weighted by molar-refractivity contribution is -0.116. The van der Waals surface area contributed by atoms with Crippen LogP contribution in [0.1, 0.15) is 12.6 Å². The number of Topliss-reactive ketones (excluding diaryl/α,β-unsaturated/α-hetero) is 1. The predicted molar refractivity (Wildman–Crippen MR) is 45.2 cm³/mol.